The van der Waals surface area contributed by atoms with Crippen LogP contribution < -0.4 is 0 Å². The van der Waals surface area contributed by atoms with Gasteiger partial charge in [-0.15, -0.1) is 0 Å². The first-order valence-electron chi connectivity index (χ1n) is 15.8. The number of likely N-dealkylation sites (tertiary alicyclic amines) is 1. The molecule has 0 aromatic heterocycles. The summed E-state index contributed by atoms with van der Waals surface area (Å²) in [6, 6.07) is 8.15. The van der Waals surface area contributed by atoms with Gasteiger partial charge in [-0.25, -0.2) is 4.79 Å². The van der Waals surface area contributed by atoms with Gasteiger partial charge < -0.3 is 48.6 Å². The lowest BCUT2D eigenvalue weighted by molar-refractivity contribution is -0.321. The summed E-state index contributed by atoms with van der Waals surface area (Å²) < 4.78 is 37.2. The van der Waals surface area contributed by atoms with Crippen molar-refractivity contribution in [2.45, 2.75) is 73.6 Å². The minimum atomic E-state index is -1.83. The number of carbonyl (C=O) groups is 2. The van der Waals surface area contributed by atoms with Gasteiger partial charge in [0.15, 0.2) is 5.60 Å². The standard InChI is InChI=1S/C33H45NO11/c1-16(35)45-33-21-18(13-31(39,28(43-6)26(33)37)27(21)44-29(38)17-10-8-7-9-11-17)32-20(41-4)12-19(36)30(15-40-3)14-34(2)25(32)22(33)23(42-5)24(30)32/h7-11,18-28,36-37,39H,12-15H2,1-6H3/t18-,19-,20+,21-,22-,23+,24-,25?,26+,27-,28+,30+,31+,32+,33-/m1/s1. The van der Waals surface area contributed by atoms with E-state index in [4.69, 9.17) is 28.4 Å². The van der Waals surface area contributed by atoms with E-state index in [2.05, 4.69) is 4.90 Å². The van der Waals surface area contributed by atoms with Crippen LogP contribution in [0, 0.1) is 34.5 Å². The second-order valence-corrected chi connectivity index (χ2v) is 14.3. The Morgan fingerprint density at radius 2 is 1.71 bits per heavy atom. The van der Waals surface area contributed by atoms with Crippen LogP contribution in [0.15, 0.2) is 30.3 Å². The largest absolute Gasteiger partial charge is 0.455 e. The highest BCUT2D eigenvalue weighted by atomic mass is 16.6. The van der Waals surface area contributed by atoms with Crippen molar-refractivity contribution in [1.82, 2.24) is 4.90 Å². The first kappa shape index (κ1) is 31.4. The Kier molecular flexibility index (Phi) is 7.28. The zero-order valence-electron chi connectivity index (χ0n) is 26.6. The zero-order valence-corrected chi connectivity index (χ0v) is 26.6. The molecule has 1 heterocycles. The van der Waals surface area contributed by atoms with Crippen molar-refractivity contribution in [3.63, 3.8) is 0 Å². The van der Waals surface area contributed by atoms with Crippen LogP contribution in [0.25, 0.3) is 0 Å². The first-order valence-corrected chi connectivity index (χ1v) is 15.8. The van der Waals surface area contributed by atoms with Gasteiger partial charge in [-0.2, -0.15) is 0 Å². The normalized spacial score (nSPS) is 50.7. The minimum Gasteiger partial charge on any atom is -0.455 e. The molecule has 5 aliphatic carbocycles. The smallest absolute Gasteiger partial charge is 0.338 e. The molecule has 12 nitrogen and oxygen atoms in total. The van der Waals surface area contributed by atoms with Crippen LogP contribution in [0.2, 0.25) is 0 Å². The van der Waals surface area contributed by atoms with E-state index in [1.807, 2.05) is 7.05 Å². The summed E-state index contributed by atoms with van der Waals surface area (Å²) in [5, 5.41) is 37.0. The average Bonchev–Trinajstić information content (AvgIpc) is 3.40. The Labute approximate surface area is 262 Å². The molecule has 248 valence electrons. The summed E-state index contributed by atoms with van der Waals surface area (Å²) in [6.45, 7) is 2.00. The topological polar surface area (TPSA) is 153 Å². The summed E-state index contributed by atoms with van der Waals surface area (Å²) in [5.74, 6) is -3.66. The molecule has 12 heteroatoms. The van der Waals surface area contributed by atoms with Gasteiger partial charge in [-0.05, 0) is 31.5 Å². The van der Waals surface area contributed by atoms with Crippen LogP contribution in [0.1, 0.15) is 30.1 Å². The van der Waals surface area contributed by atoms with Gasteiger partial charge in [0.05, 0.1) is 30.5 Å². The molecule has 1 saturated heterocycles. The number of hydrogen-bond donors (Lipinski definition) is 3. The fourth-order valence-electron chi connectivity index (χ4n) is 12.2. The summed E-state index contributed by atoms with van der Waals surface area (Å²) in [5.41, 5.74) is -4.79. The quantitative estimate of drug-likeness (QED) is 0.337. The zero-order chi connectivity index (χ0) is 32.3. The number of carbonyl (C=O) groups excluding carboxylic acids is 2. The predicted molar refractivity (Wildman–Crippen MR) is 156 cm³/mol. The highest BCUT2D eigenvalue weighted by Gasteiger charge is 2.92. The van der Waals surface area contributed by atoms with E-state index < -0.39 is 88.3 Å². The van der Waals surface area contributed by atoms with Gasteiger partial charge in [0.2, 0.25) is 0 Å². The lowest BCUT2D eigenvalue weighted by Crippen LogP contribution is -2.81. The van der Waals surface area contributed by atoms with Crippen LogP contribution in [0.5, 0.6) is 0 Å². The maximum atomic E-state index is 13.7. The van der Waals surface area contributed by atoms with Gasteiger partial charge in [-0.3, -0.25) is 4.79 Å². The predicted octanol–water partition coefficient (Wildman–Crippen LogP) is 0.258. The SMILES string of the molecule is COC[C@]12CN(C)C3[C@H]4[C@H](OC)[C@H]1[C@@]3([C@@H](OC)C[C@H]2O)[C@@H]1C[C@]2(O)[C@H](OC(=O)c3ccccc3)[C@@H]1[C@]4(OC(C)=O)[C@@H](O)[C@@H]2OC. The molecular weight excluding hydrogens is 586 g/mol. The number of piperidine rings is 1. The van der Waals surface area contributed by atoms with Crippen LogP contribution >= 0.6 is 0 Å². The van der Waals surface area contributed by atoms with Crippen LogP contribution in [0.4, 0.5) is 0 Å². The van der Waals surface area contributed by atoms with Crippen molar-refractivity contribution in [1.29, 1.82) is 0 Å². The van der Waals surface area contributed by atoms with E-state index in [-0.39, 0.29) is 25.0 Å². The van der Waals surface area contributed by atoms with E-state index in [1.54, 1.807) is 51.7 Å². The molecule has 0 amide bonds. The molecule has 7 bridgehead atoms. The number of fused-ring (bicyclic) bond motifs is 2. The van der Waals surface area contributed by atoms with Crippen LogP contribution in [-0.4, -0.2) is 135 Å². The Morgan fingerprint density at radius 1 is 1.00 bits per heavy atom. The number of ether oxygens (including phenoxy) is 6. The molecule has 5 saturated carbocycles. The number of benzene rings is 1. The molecule has 0 radical (unpaired) electrons. The van der Waals surface area contributed by atoms with Gasteiger partial charge in [-0.1, -0.05) is 18.2 Å². The lowest BCUT2D eigenvalue weighted by Gasteiger charge is -2.70. The van der Waals surface area contributed by atoms with Crippen LogP contribution in [-0.2, 0) is 33.2 Å². The van der Waals surface area contributed by atoms with Crippen molar-refractivity contribution in [3.8, 4) is 0 Å². The number of nitrogens with zero attached hydrogens (tertiary/aromatic N) is 1. The number of aliphatic hydroxyl groups excluding tert-OH is 2. The van der Waals surface area contributed by atoms with E-state index in [9.17, 15) is 24.9 Å². The molecule has 3 N–H and O–H groups in total. The van der Waals surface area contributed by atoms with Gasteiger partial charge in [0.25, 0.3) is 0 Å². The Morgan fingerprint density at radius 3 is 2.31 bits per heavy atom. The lowest BCUT2D eigenvalue weighted by atomic mass is 9.42. The second-order valence-electron chi connectivity index (χ2n) is 14.3. The Hall–Kier alpha value is -2.16. The fourth-order valence-corrected chi connectivity index (χ4v) is 12.2. The van der Waals surface area contributed by atoms with Crippen molar-refractivity contribution in [2.24, 2.45) is 34.5 Å². The summed E-state index contributed by atoms with van der Waals surface area (Å²) >= 11 is 0. The van der Waals surface area contributed by atoms with Crippen LogP contribution in [0.3, 0.4) is 0 Å². The number of methoxy groups -OCH3 is 4. The second kappa shape index (κ2) is 10.4. The molecule has 1 aliphatic heterocycles. The van der Waals surface area contributed by atoms with Gasteiger partial charge in [0.1, 0.15) is 23.9 Å². The summed E-state index contributed by atoms with van der Waals surface area (Å²) in [7, 11) is 8.20. The highest BCUT2D eigenvalue weighted by Crippen LogP contribution is 2.80. The van der Waals surface area contributed by atoms with E-state index >= 15 is 0 Å². The molecule has 1 spiro atoms. The monoisotopic (exact) mass is 631 g/mol. The first-order chi connectivity index (χ1) is 21.4. The molecule has 6 fully saturated rings. The van der Waals surface area contributed by atoms with Gasteiger partial charge >= 0.3 is 11.9 Å². The van der Waals surface area contributed by atoms with E-state index in [1.165, 1.54) is 14.0 Å². The molecule has 45 heavy (non-hydrogen) atoms. The molecule has 1 unspecified atom stereocenters. The molecular formula is C33H45NO11. The van der Waals surface area contributed by atoms with Crippen molar-refractivity contribution in [2.75, 3.05) is 48.6 Å². The summed E-state index contributed by atoms with van der Waals surface area (Å²) in [4.78, 5) is 29.1. The summed E-state index contributed by atoms with van der Waals surface area (Å²) in [6.07, 6.45) is -5.50. The number of esters is 2. The Balaban J connectivity index is 1.52. The van der Waals surface area contributed by atoms with E-state index in [0.29, 0.717) is 18.5 Å². The average molecular weight is 632 g/mol. The third kappa shape index (κ3) is 3.55. The minimum absolute atomic E-state index is 0.0754. The highest BCUT2D eigenvalue weighted by molar-refractivity contribution is 5.89. The van der Waals surface area contributed by atoms with Gasteiger partial charge in [0, 0.05) is 83.0 Å². The Bertz CT molecular complexity index is 1350. The number of hydrogen-bond acceptors (Lipinski definition) is 12. The van der Waals surface area contributed by atoms with E-state index in [0.717, 1.165) is 0 Å². The molecule has 6 aliphatic rings. The molecule has 15 atom stereocenters. The molecule has 7 rings (SSSR count). The molecule has 1 aromatic rings. The number of rotatable bonds is 8. The molecule has 1 aromatic carbocycles. The van der Waals surface area contributed by atoms with Crippen molar-refractivity contribution >= 4 is 11.9 Å². The number of aliphatic hydroxyl groups is 3. The third-order valence-corrected chi connectivity index (χ3v) is 12.9. The maximum Gasteiger partial charge on any atom is 0.338 e. The van der Waals surface area contributed by atoms with Crippen molar-refractivity contribution < 1.29 is 53.3 Å². The fraction of sp³-hybridized carbons (Fsp3) is 0.758. The maximum absolute atomic E-state index is 13.7. The van der Waals surface area contributed by atoms with Crippen molar-refractivity contribution in [3.05, 3.63) is 35.9 Å². The third-order valence-electron chi connectivity index (χ3n) is 12.9.